The van der Waals surface area contributed by atoms with Gasteiger partial charge in [0, 0.05) is 18.2 Å². The fourth-order valence-corrected chi connectivity index (χ4v) is 2.17. The molecule has 0 rings (SSSR count). The number of hydrogen-bond acceptors (Lipinski definition) is 4. The zero-order chi connectivity index (χ0) is 15.4. The van der Waals surface area contributed by atoms with Crippen molar-refractivity contribution >= 4 is 21.9 Å². The van der Waals surface area contributed by atoms with Crippen LogP contribution in [0.25, 0.3) is 0 Å². The largest absolute Gasteiger partial charge is 0.355 e. The van der Waals surface area contributed by atoms with Crippen molar-refractivity contribution in [2.75, 3.05) is 7.05 Å². The number of carbonyl (C=O) groups excluding carboxylic acids is 2. The number of nitrogens with one attached hydrogen (secondary N) is 2. The molecule has 0 aliphatic rings. The minimum Gasteiger partial charge on any atom is -0.355 e. The molecule has 0 bridgehead atoms. The van der Waals surface area contributed by atoms with Gasteiger partial charge in [0.05, 0.1) is 0 Å². The van der Waals surface area contributed by atoms with Gasteiger partial charge in [-0.3, -0.25) is 14.1 Å². The van der Waals surface area contributed by atoms with E-state index < -0.39 is 33.2 Å². The number of rotatable bonds is 6. The molecule has 7 nitrogen and oxygen atoms in total. The van der Waals surface area contributed by atoms with Crippen LogP contribution >= 0.6 is 0 Å². The van der Waals surface area contributed by atoms with Gasteiger partial charge in [-0.15, -0.1) is 0 Å². The number of carbonyl (C=O) groups is 2. The van der Waals surface area contributed by atoms with Crippen LogP contribution in [-0.4, -0.2) is 37.2 Å². The number of amides is 2. The second-order valence-electron chi connectivity index (χ2n) is 4.19. The topological polar surface area (TPSA) is 113 Å². The van der Waals surface area contributed by atoms with Crippen LogP contribution in [0.4, 0.5) is 0 Å². The Morgan fingerprint density at radius 1 is 1.11 bits per heavy atom. The SMILES string of the molecule is C=C(C(=C)C(=O)NC(C(C)C)S(=O)(=O)O)C(=O)NC. The molecule has 3 N–H and O–H groups in total. The van der Waals surface area contributed by atoms with Gasteiger partial charge in [-0.1, -0.05) is 27.0 Å². The van der Waals surface area contributed by atoms with E-state index in [1.165, 1.54) is 20.9 Å². The molecule has 0 fully saturated rings. The Morgan fingerprint density at radius 2 is 1.53 bits per heavy atom. The molecule has 108 valence electrons. The fraction of sp³-hybridized carbons (Fsp3) is 0.455. The molecule has 0 spiro atoms. The van der Waals surface area contributed by atoms with Crippen molar-refractivity contribution in [1.29, 1.82) is 0 Å². The molecule has 2 amide bonds. The summed E-state index contributed by atoms with van der Waals surface area (Å²) in [6.45, 7) is 9.76. The van der Waals surface area contributed by atoms with Crippen LogP contribution in [0.5, 0.6) is 0 Å². The summed E-state index contributed by atoms with van der Waals surface area (Å²) < 4.78 is 31.2. The van der Waals surface area contributed by atoms with E-state index in [0.717, 1.165) is 0 Å². The van der Waals surface area contributed by atoms with Gasteiger partial charge in [0.25, 0.3) is 21.9 Å². The summed E-state index contributed by atoms with van der Waals surface area (Å²) in [6, 6.07) is 0. The third-order valence-corrected chi connectivity index (χ3v) is 3.64. The van der Waals surface area contributed by atoms with Gasteiger partial charge < -0.3 is 10.6 Å². The highest BCUT2D eigenvalue weighted by molar-refractivity contribution is 7.86. The predicted molar refractivity (Wildman–Crippen MR) is 70.7 cm³/mol. The molecule has 0 saturated carbocycles. The summed E-state index contributed by atoms with van der Waals surface area (Å²) in [6.07, 6.45) is 0. The van der Waals surface area contributed by atoms with Crippen LogP contribution in [0.2, 0.25) is 0 Å². The molecule has 1 atom stereocenters. The first-order chi connectivity index (χ1) is 8.52. The van der Waals surface area contributed by atoms with Crippen molar-refractivity contribution in [3.05, 3.63) is 24.3 Å². The Morgan fingerprint density at radius 3 is 1.84 bits per heavy atom. The molecule has 19 heavy (non-hydrogen) atoms. The van der Waals surface area contributed by atoms with E-state index in [1.54, 1.807) is 0 Å². The highest BCUT2D eigenvalue weighted by Gasteiger charge is 2.29. The van der Waals surface area contributed by atoms with Crippen LogP contribution in [0.15, 0.2) is 24.3 Å². The standard InChI is InChI=1S/C11H18N2O5S/c1-6(2)11(19(16,17)18)13-10(15)8(4)7(3)9(14)12-5/h6,11H,3-4H2,1-2,5H3,(H,12,14)(H,13,15)(H,16,17,18). The second-order valence-corrected chi connectivity index (χ2v) is 5.73. The fourth-order valence-electron chi connectivity index (χ4n) is 1.23. The summed E-state index contributed by atoms with van der Waals surface area (Å²) in [7, 11) is -3.09. The molecule has 0 aliphatic heterocycles. The average molecular weight is 290 g/mol. The maximum atomic E-state index is 11.7. The molecule has 0 aliphatic carbocycles. The molecule has 0 heterocycles. The molecule has 0 saturated heterocycles. The zero-order valence-electron chi connectivity index (χ0n) is 11.1. The van der Waals surface area contributed by atoms with Crippen molar-refractivity contribution in [2.24, 2.45) is 5.92 Å². The lowest BCUT2D eigenvalue weighted by Gasteiger charge is -2.20. The van der Waals surface area contributed by atoms with Crippen molar-refractivity contribution in [1.82, 2.24) is 10.6 Å². The lowest BCUT2D eigenvalue weighted by atomic mass is 10.1. The quantitative estimate of drug-likeness (QED) is 0.357. The maximum absolute atomic E-state index is 11.7. The van der Waals surface area contributed by atoms with Gasteiger partial charge in [-0.2, -0.15) is 8.42 Å². The van der Waals surface area contributed by atoms with Crippen LogP contribution in [0.1, 0.15) is 13.8 Å². The molecule has 8 heteroatoms. The van der Waals surface area contributed by atoms with Gasteiger partial charge in [-0.25, -0.2) is 0 Å². The third kappa shape index (κ3) is 4.84. The van der Waals surface area contributed by atoms with Crippen LogP contribution in [0.3, 0.4) is 0 Å². The molecular formula is C11H18N2O5S. The summed E-state index contributed by atoms with van der Waals surface area (Å²) in [5, 5.41) is 2.88. The first-order valence-corrected chi connectivity index (χ1v) is 6.90. The molecule has 0 aromatic heterocycles. The molecular weight excluding hydrogens is 272 g/mol. The summed E-state index contributed by atoms with van der Waals surface area (Å²) >= 11 is 0. The number of hydrogen-bond donors (Lipinski definition) is 3. The Hall–Kier alpha value is -1.67. The van der Waals surface area contributed by atoms with Gasteiger partial charge in [-0.05, 0) is 5.92 Å². The average Bonchev–Trinajstić information content (AvgIpc) is 2.30. The Bertz CT molecular complexity index is 507. The zero-order valence-corrected chi connectivity index (χ0v) is 11.9. The van der Waals surface area contributed by atoms with Gasteiger partial charge >= 0.3 is 0 Å². The van der Waals surface area contributed by atoms with E-state index in [4.69, 9.17) is 4.55 Å². The minimum absolute atomic E-state index is 0.183. The first-order valence-electron chi connectivity index (χ1n) is 5.39. The van der Waals surface area contributed by atoms with Crippen LogP contribution in [-0.2, 0) is 19.7 Å². The van der Waals surface area contributed by atoms with Crippen molar-refractivity contribution in [3.63, 3.8) is 0 Å². The van der Waals surface area contributed by atoms with Crippen molar-refractivity contribution in [2.45, 2.75) is 19.2 Å². The Kier molecular flexibility index (Phi) is 5.91. The third-order valence-electron chi connectivity index (χ3n) is 2.34. The molecule has 0 aromatic carbocycles. The summed E-state index contributed by atoms with van der Waals surface area (Å²) in [4.78, 5) is 23.0. The van der Waals surface area contributed by atoms with E-state index in [-0.39, 0.29) is 11.1 Å². The Balaban J connectivity index is 5.00. The lowest BCUT2D eigenvalue weighted by molar-refractivity contribution is -0.120. The molecule has 1 unspecified atom stereocenters. The van der Waals surface area contributed by atoms with E-state index in [0.29, 0.717) is 0 Å². The van der Waals surface area contributed by atoms with Gasteiger partial charge in [0.2, 0.25) is 0 Å². The Labute approximate surface area is 112 Å². The van der Waals surface area contributed by atoms with E-state index >= 15 is 0 Å². The normalized spacial score (nSPS) is 12.7. The number of likely N-dealkylation sites (N-methyl/N-ethyl adjacent to an activating group) is 1. The van der Waals surface area contributed by atoms with E-state index in [1.807, 2.05) is 0 Å². The highest BCUT2D eigenvalue weighted by atomic mass is 32.2. The highest BCUT2D eigenvalue weighted by Crippen LogP contribution is 2.11. The summed E-state index contributed by atoms with van der Waals surface area (Å²) in [5.41, 5.74) is -0.452. The molecule has 0 radical (unpaired) electrons. The van der Waals surface area contributed by atoms with Crippen molar-refractivity contribution in [3.8, 4) is 0 Å². The second kappa shape index (κ2) is 6.48. The predicted octanol–water partition coefficient (Wildman–Crippen LogP) is -0.169. The molecule has 0 aromatic rings. The first kappa shape index (κ1) is 17.3. The monoisotopic (exact) mass is 290 g/mol. The summed E-state index contributed by atoms with van der Waals surface area (Å²) in [5.74, 6) is -2.04. The van der Waals surface area contributed by atoms with Crippen LogP contribution < -0.4 is 10.6 Å². The van der Waals surface area contributed by atoms with Gasteiger partial charge in [0.1, 0.15) is 0 Å². The van der Waals surface area contributed by atoms with E-state index in [9.17, 15) is 18.0 Å². The van der Waals surface area contributed by atoms with E-state index in [2.05, 4.69) is 23.8 Å². The smallest absolute Gasteiger partial charge is 0.286 e. The maximum Gasteiger partial charge on any atom is 0.286 e. The lowest BCUT2D eigenvalue weighted by Crippen LogP contribution is -2.45. The van der Waals surface area contributed by atoms with Crippen molar-refractivity contribution < 1.29 is 22.6 Å². The van der Waals surface area contributed by atoms with Crippen LogP contribution in [0, 0.1) is 5.92 Å². The minimum atomic E-state index is -4.45. The van der Waals surface area contributed by atoms with Gasteiger partial charge in [0.15, 0.2) is 5.37 Å².